The zero-order valence-electron chi connectivity index (χ0n) is 18.5. The number of carbonyl (C=O) groups is 1. The second-order valence-electron chi connectivity index (χ2n) is 8.30. The van der Waals surface area contributed by atoms with E-state index in [4.69, 9.17) is 5.11 Å². The topological polar surface area (TPSA) is 85.7 Å². The zero-order valence-corrected chi connectivity index (χ0v) is 18.5. The van der Waals surface area contributed by atoms with E-state index >= 15 is 0 Å². The summed E-state index contributed by atoms with van der Waals surface area (Å²) in [6.07, 6.45) is -3.50. The highest BCUT2D eigenvalue weighted by atomic mass is 19.4. The van der Waals surface area contributed by atoms with Gasteiger partial charge in [0.1, 0.15) is 11.6 Å². The van der Waals surface area contributed by atoms with Gasteiger partial charge in [-0.25, -0.2) is 9.37 Å². The molecule has 1 aliphatic heterocycles. The first-order valence-electron chi connectivity index (χ1n) is 10.9. The van der Waals surface area contributed by atoms with Gasteiger partial charge < -0.3 is 20.4 Å². The molecule has 0 saturated heterocycles. The maximum atomic E-state index is 13.8. The van der Waals surface area contributed by atoms with E-state index in [1.807, 2.05) is 11.0 Å². The molecule has 184 valence electrons. The lowest BCUT2D eigenvalue weighted by molar-refractivity contribution is -0.137. The highest BCUT2D eigenvalue weighted by Crippen LogP contribution is 2.36. The molecule has 3 N–H and O–H groups in total. The first-order valence-corrected chi connectivity index (χ1v) is 10.9. The molecule has 3 aromatic rings. The number of halogens is 4. The first-order chi connectivity index (χ1) is 16.7. The molecule has 0 spiro atoms. The standard InChI is InChI=1S/C25H23F4N3O3/c26-18-10-16(9-17(12-18)25(27,28)29)8-15-4-6-30-23(11-15)32-7-5-20-21(2-1-3-22(20)32)24(35)31-13-19(34)14-33/h1-4,6,9-12,19,33-34H,5,7-8,13-14H2,(H,31,35)/t19-/m1/s1. The predicted molar refractivity (Wildman–Crippen MR) is 121 cm³/mol. The minimum absolute atomic E-state index is 0.0809. The molecule has 2 aromatic carbocycles. The van der Waals surface area contributed by atoms with E-state index in [1.54, 1.807) is 30.5 Å². The summed E-state index contributed by atoms with van der Waals surface area (Å²) in [5, 5.41) is 21.0. The van der Waals surface area contributed by atoms with Gasteiger partial charge in [-0.1, -0.05) is 6.07 Å². The van der Waals surface area contributed by atoms with Crippen LogP contribution < -0.4 is 10.2 Å². The molecule has 10 heteroatoms. The van der Waals surface area contributed by atoms with Crippen molar-refractivity contribution in [2.45, 2.75) is 25.1 Å². The van der Waals surface area contributed by atoms with Crippen LogP contribution in [0, 0.1) is 5.82 Å². The average Bonchev–Trinajstić information content (AvgIpc) is 3.26. The van der Waals surface area contributed by atoms with Gasteiger partial charge in [0, 0.05) is 30.5 Å². The van der Waals surface area contributed by atoms with Crippen molar-refractivity contribution >= 4 is 17.4 Å². The van der Waals surface area contributed by atoms with Crippen molar-refractivity contribution in [3.63, 3.8) is 0 Å². The maximum absolute atomic E-state index is 13.8. The fraction of sp³-hybridized carbons (Fsp3) is 0.280. The second-order valence-corrected chi connectivity index (χ2v) is 8.30. The number of fused-ring (bicyclic) bond motifs is 1. The molecule has 0 bridgehead atoms. The molecule has 0 radical (unpaired) electrons. The van der Waals surface area contributed by atoms with Gasteiger partial charge in [-0.05, 0) is 72.0 Å². The Labute approximate surface area is 198 Å². The molecule has 1 aliphatic rings. The van der Waals surface area contributed by atoms with Gasteiger partial charge >= 0.3 is 6.18 Å². The summed E-state index contributed by atoms with van der Waals surface area (Å²) in [4.78, 5) is 18.9. The smallest absolute Gasteiger partial charge is 0.394 e. The van der Waals surface area contributed by atoms with Gasteiger partial charge in [0.15, 0.2) is 0 Å². The van der Waals surface area contributed by atoms with Crippen LogP contribution in [0.4, 0.5) is 29.1 Å². The summed E-state index contributed by atoms with van der Waals surface area (Å²) >= 11 is 0. The number of amides is 1. The molecule has 1 aromatic heterocycles. The Morgan fingerprint density at radius 3 is 2.69 bits per heavy atom. The van der Waals surface area contributed by atoms with Crippen LogP contribution in [0.5, 0.6) is 0 Å². The lowest BCUT2D eigenvalue weighted by atomic mass is 10.0. The summed E-state index contributed by atoms with van der Waals surface area (Å²) in [6, 6.07) is 11.1. The summed E-state index contributed by atoms with van der Waals surface area (Å²) in [7, 11) is 0. The molecule has 0 fully saturated rings. The number of aliphatic hydroxyl groups excluding tert-OH is 2. The van der Waals surface area contributed by atoms with Crippen molar-refractivity contribution in [1.29, 1.82) is 0 Å². The quantitative estimate of drug-likeness (QED) is 0.442. The number of anilines is 2. The van der Waals surface area contributed by atoms with Crippen LogP contribution in [0.15, 0.2) is 54.7 Å². The van der Waals surface area contributed by atoms with Crippen LogP contribution in [0.3, 0.4) is 0 Å². The van der Waals surface area contributed by atoms with E-state index in [9.17, 15) is 27.5 Å². The van der Waals surface area contributed by atoms with Gasteiger partial charge in [0.2, 0.25) is 0 Å². The first kappa shape index (κ1) is 24.6. The van der Waals surface area contributed by atoms with Crippen LogP contribution >= 0.6 is 0 Å². The van der Waals surface area contributed by atoms with E-state index < -0.39 is 30.3 Å². The van der Waals surface area contributed by atoms with E-state index in [-0.39, 0.29) is 24.4 Å². The lowest BCUT2D eigenvalue weighted by Crippen LogP contribution is -2.34. The molecular formula is C25H23F4N3O3. The number of rotatable bonds is 7. The highest BCUT2D eigenvalue weighted by Gasteiger charge is 2.31. The van der Waals surface area contributed by atoms with Gasteiger partial charge in [-0.3, -0.25) is 4.79 Å². The number of hydrogen-bond acceptors (Lipinski definition) is 5. The minimum atomic E-state index is -4.64. The highest BCUT2D eigenvalue weighted by molar-refractivity contribution is 5.98. The van der Waals surface area contributed by atoms with Gasteiger partial charge in [-0.2, -0.15) is 13.2 Å². The number of aromatic nitrogens is 1. The molecule has 1 atom stereocenters. The Morgan fingerprint density at radius 1 is 1.14 bits per heavy atom. The van der Waals surface area contributed by atoms with Crippen molar-refractivity contribution in [3.8, 4) is 0 Å². The number of alkyl halides is 3. The van der Waals surface area contributed by atoms with Crippen molar-refractivity contribution < 1.29 is 32.6 Å². The number of aliphatic hydroxyl groups is 2. The number of nitrogens with zero attached hydrogens (tertiary/aromatic N) is 2. The van der Waals surface area contributed by atoms with Gasteiger partial charge in [0.25, 0.3) is 5.91 Å². The van der Waals surface area contributed by atoms with Crippen LogP contribution in [-0.2, 0) is 19.0 Å². The number of hydrogen-bond donors (Lipinski definition) is 3. The molecule has 1 amide bonds. The van der Waals surface area contributed by atoms with Crippen molar-refractivity contribution in [2.75, 3.05) is 24.6 Å². The average molecular weight is 489 g/mol. The maximum Gasteiger partial charge on any atom is 0.416 e. The fourth-order valence-corrected chi connectivity index (χ4v) is 4.13. The Balaban J connectivity index is 1.56. The van der Waals surface area contributed by atoms with E-state index in [0.29, 0.717) is 36.0 Å². The van der Waals surface area contributed by atoms with Crippen molar-refractivity contribution in [1.82, 2.24) is 10.3 Å². The third kappa shape index (κ3) is 5.60. The molecule has 35 heavy (non-hydrogen) atoms. The Morgan fingerprint density at radius 2 is 1.94 bits per heavy atom. The molecule has 0 aliphatic carbocycles. The lowest BCUT2D eigenvalue weighted by Gasteiger charge is -2.20. The molecule has 0 saturated carbocycles. The van der Waals surface area contributed by atoms with Crippen LogP contribution in [0.2, 0.25) is 0 Å². The third-order valence-electron chi connectivity index (χ3n) is 5.76. The van der Waals surface area contributed by atoms with E-state index in [2.05, 4.69) is 10.3 Å². The fourth-order valence-electron chi connectivity index (χ4n) is 4.13. The van der Waals surface area contributed by atoms with Crippen LogP contribution in [0.25, 0.3) is 0 Å². The van der Waals surface area contributed by atoms with Crippen LogP contribution in [0.1, 0.15) is 32.6 Å². The van der Waals surface area contributed by atoms with Gasteiger partial charge in [0.05, 0.1) is 18.3 Å². The number of carbonyl (C=O) groups excluding carboxylic acids is 1. The number of pyridine rings is 1. The monoisotopic (exact) mass is 489 g/mol. The largest absolute Gasteiger partial charge is 0.416 e. The summed E-state index contributed by atoms with van der Waals surface area (Å²) in [5.41, 5.74) is 1.85. The summed E-state index contributed by atoms with van der Waals surface area (Å²) in [5.74, 6) is -0.763. The molecule has 0 unspecified atom stereocenters. The number of benzene rings is 2. The molecular weight excluding hydrogens is 466 g/mol. The summed E-state index contributed by atoms with van der Waals surface area (Å²) < 4.78 is 53.0. The normalized spacial score (nSPS) is 14.1. The zero-order chi connectivity index (χ0) is 25.2. The van der Waals surface area contributed by atoms with Gasteiger partial charge in [-0.15, -0.1) is 0 Å². The minimum Gasteiger partial charge on any atom is -0.394 e. The molecule has 2 heterocycles. The molecule has 4 rings (SSSR count). The van der Waals surface area contributed by atoms with Crippen molar-refractivity contribution in [2.24, 2.45) is 0 Å². The second kappa shape index (κ2) is 10.0. The Bertz CT molecular complexity index is 1230. The van der Waals surface area contributed by atoms with Crippen LogP contribution in [-0.4, -0.2) is 46.9 Å². The Hall–Kier alpha value is -3.50. The SMILES string of the molecule is O=C(NC[C@@H](O)CO)c1cccc2c1CCN2c1cc(Cc2cc(F)cc(C(F)(F)F)c2)ccn1. The third-order valence-corrected chi connectivity index (χ3v) is 5.76. The van der Waals surface area contributed by atoms with Crippen molar-refractivity contribution in [3.05, 3.63) is 88.4 Å². The van der Waals surface area contributed by atoms with E-state index in [0.717, 1.165) is 23.4 Å². The predicted octanol–water partition coefficient (Wildman–Crippen LogP) is 3.61. The Kier molecular flexibility index (Phi) is 7.04. The summed E-state index contributed by atoms with van der Waals surface area (Å²) in [6.45, 7) is -0.00785. The van der Waals surface area contributed by atoms with E-state index in [1.165, 1.54) is 0 Å². The number of nitrogens with one attached hydrogen (secondary N) is 1. The molecule has 6 nitrogen and oxygen atoms in total.